The van der Waals surface area contributed by atoms with Crippen LogP contribution in [0.2, 0.25) is 0 Å². The Morgan fingerprint density at radius 2 is 1.89 bits per heavy atom. The first kappa shape index (κ1) is 16.4. The molecule has 0 amide bonds. The second-order valence-corrected chi connectivity index (χ2v) is 7.50. The number of anilines is 1. The fourth-order valence-electron chi connectivity index (χ4n) is 4.92. The Hall–Kier alpha value is -2.73. The largest absolute Gasteiger partial charge is 0.353 e. The summed E-state index contributed by atoms with van der Waals surface area (Å²) in [5.41, 5.74) is 2.13. The van der Waals surface area contributed by atoms with Crippen LogP contribution in [0.3, 0.4) is 0 Å². The predicted molar refractivity (Wildman–Crippen MR) is 105 cm³/mol. The lowest BCUT2D eigenvalue weighted by molar-refractivity contribution is -0.109. The third-order valence-electron chi connectivity index (χ3n) is 6.03. The number of benzene rings is 1. The molecule has 2 aliphatic heterocycles. The molecular weight excluding hydrogens is 338 g/mol. The van der Waals surface area contributed by atoms with Crippen molar-refractivity contribution in [1.29, 1.82) is 0 Å². The maximum Gasteiger partial charge on any atom is 0.142 e. The van der Waals surface area contributed by atoms with E-state index in [2.05, 4.69) is 55.1 Å². The summed E-state index contributed by atoms with van der Waals surface area (Å²) in [5.74, 6) is 1.02. The SMILES string of the molecule is O=CCC(c1ccccc1)N1C2CCC1CN(c1ncnc3[nH]ccc13)C2. The van der Waals surface area contributed by atoms with Crippen LogP contribution in [-0.2, 0) is 4.79 Å². The van der Waals surface area contributed by atoms with Crippen LogP contribution in [0.5, 0.6) is 0 Å². The maximum atomic E-state index is 11.4. The molecule has 3 unspecified atom stereocenters. The summed E-state index contributed by atoms with van der Waals surface area (Å²) in [5, 5.41) is 1.08. The Balaban J connectivity index is 1.44. The van der Waals surface area contributed by atoms with Crippen molar-refractivity contribution >= 4 is 23.1 Å². The molecule has 2 bridgehead atoms. The van der Waals surface area contributed by atoms with E-state index >= 15 is 0 Å². The summed E-state index contributed by atoms with van der Waals surface area (Å²) in [6.07, 6.45) is 7.52. The molecule has 138 valence electrons. The van der Waals surface area contributed by atoms with Crippen molar-refractivity contribution in [3.05, 3.63) is 54.5 Å². The van der Waals surface area contributed by atoms with Gasteiger partial charge < -0.3 is 14.7 Å². The third kappa shape index (κ3) is 2.80. The molecule has 6 nitrogen and oxygen atoms in total. The first-order valence-corrected chi connectivity index (χ1v) is 9.64. The average molecular weight is 361 g/mol. The van der Waals surface area contributed by atoms with E-state index in [1.807, 2.05) is 12.3 Å². The number of carbonyl (C=O) groups excluding carboxylic acids is 1. The number of hydrogen-bond acceptors (Lipinski definition) is 5. The highest BCUT2D eigenvalue weighted by Gasteiger charge is 2.44. The first-order valence-electron chi connectivity index (χ1n) is 9.64. The van der Waals surface area contributed by atoms with Crippen LogP contribution in [-0.4, -0.2) is 51.3 Å². The molecule has 4 heterocycles. The van der Waals surface area contributed by atoms with E-state index in [9.17, 15) is 4.79 Å². The van der Waals surface area contributed by atoms with Crippen LogP contribution in [0.25, 0.3) is 11.0 Å². The molecule has 0 spiro atoms. The number of nitrogens with one attached hydrogen (secondary N) is 1. The summed E-state index contributed by atoms with van der Waals surface area (Å²) >= 11 is 0. The Bertz CT molecular complexity index is 926. The fourth-order valence-corrected chi connectivity index (χ4v) is 4.92. The topological polar surface area (TPSA) is 65.1 Å². The Kier molecular flexibility index (Phi) is 4.13. The zero-order chi connectivity index (χ0) is 18.2. The quantitative estimate of drug-likeness (QED) is 0.708. The van der Waals surface area contributed by atoms with Gasteiger partial charge in [0.2, 0.25) is 0 Å². The van der Waals surface area contributed by atoms with Crippen LogP contribution >= 0.6 is 0 Å². The van der Waals surface area contributed by atoms with Crippen molar-refractivity contribution in [1.82, 2.24) is 19.9 Å². The van der Waals surface area contributed by atoms with Crippen molar-refractivity contribution < 1.29 is 4.79 Å². The highest BCUT2D eigenvalue weighted by Crippen LogP contribution is 2.40. The van der Waals surface area contributed by atoms with Gasteiger partial charge in [-0.2, -0.15) is 0 Å². The number of aromatic amines is 1. The number of carbonyl (C=O) groups is 1. The predicted octanol–water partition coefficient (Wildman–Crippen LogP) is 2.94. The monoisotopic (exact) mass is 361 g/mol. The number of piperazine rings is 1. The van der Waals surface area contributed by atoms with Crippen molar-refractivity contribution in [3.8, 4) is 0 Å². The van der Waals surface area contributed by atoms with Gasteiger partial charge in [-0.1, -0.05) is 30.3 Å². The molecule has 3 atom stereocenters. The van der Waals surface area contributed by atoms with E-state index in [0.29, 0.717) is 18.5 Å². The molecule has 2 fully saturated rings. The zero-order valence-electron chi connectivity index (χ0n) is 15.2. The lowest BCUT2D eigenvalue weighted by atomic mass is 9.99. The molecule has 27 heavy (non-hydrogen) atoms. The van der Waals surface area contributed by atoms with Gasteiger partial charge in [0, 0.05) is 43.8 Å². The molecular formula is C21H23N5O. The minimum absolute atomic E-state index is 0.168. The Morgan fingerprint density at radius 1 is 1.11 bits per heavy atom. The van der Waals surface area contributed by atoms with Crippen molar-refractivity contribution in [2.24, 2.45) is 0 Å². The maximum absolute atomic E-state index is 11.4. The Labute approximate surface area is 158 Å². The molecule has 3 aromatic rings. The summed E-state index contributed by atoms with van der Waals surface area (Å²) in [6, 6.07) is 13.6. The summed E-state index contributed by atoms with van der Waals surface area (Å²) in [7, 11) is 0. The highest BCUT2D eigenvalue weighted by molar-refractivity contribution is 5.87. The number of fused-ring (bicyclic) bond motifs is 3. The van der Waals surface area contributed by atoms with Gasteiger partial charge in [0.1, 0.15) is 24.1 Å². The second-order valence-electron chi connectivity index (χ2n) is 7.50. The van der Waals surface area contributed by atoms with Crippen LogP contribution in [0.1, 0.15) is 30.9 Å². The zero-order valence-corrected chi connectivity index (χ0v) is 15.2. The number of rotatable bonds is 5. The minimum atomic E-state index is 0.168. The van der Waals surface area contributed by atoms with Crippen molar-refractivity contribution in [2.75, 3.05) is 18.0 Å². The van der Waals surface area contributed by atoms with Crippen LogP contribution in [0.15, 0.2) is 48.9 Å². The normalized spacial score (nSPS) is 23.6. The average Bonchev–Trinajstić information content (AvgIpc) is 3.28. The minimum Gasteiger partial charge on any atom is -0.353 e. The number of hydrogen-bond donors (Lipinski definition) is 1. The highest BCUT2D eigenvalue weighted by atomic mass is 16.1. The molecule has 0 saturated carbocycles. The van der Waals surface area contributed by atoms with E-state index in [1.54, 1.807) is 6.33 Å². The number of aromatic nitrogens is 3. The number of aldehydes is 1. The molecule has 5 rings (SSSR count). The van der Waals surface area contributed by atoms with Crippen molar-refractivity contribution in [2.45, 2.75) is 37.4 Å². The van der Waals surface area contributed by atoms with Gasteiger partial charge in [-0.3, -0.25) is 4.90 Å². The van der Waals surface area contributed by atoms with E-state index in [0.717, 1.165) is 36.2 Å². The smallest absolute Gasteiger partial charge is 0.142 e. The molecule has 0 aliphatic carbocycles. The molecule has 2 aromatic heterocycles. The third-order valence-corrected chi connectivity index (χ3v) is 6.03. The standard InChI is InChI=1S/C21H23N5O/c27-11-9-19(15-4-2-1-3-5-15)26-16-6-7-17(26)13-25(12-16)21-18-8-10-22-20(18)23-14-24-21/h1-5,8,10-11,14,16-17,19H,6-7,9,12-13H2,(H,22,23,24). The molecule has 1 aromatic carbocycles. The Morgan fingerprint density at radius 3 is 2.63 bits per heavy atom. The van der Waals surface area contributed by atoms with E-state index < -0.39 is 0 Å². The van der Waals surface area contributed by atoms with Crippen LogP contribution < -0.4 is 4.90 Å². The van der Waals surface area contributed by atoms with Crippen molar-refractivity contribution in [3.63, 3.8) is 0 Å². The van der Waals surface area contributed by atoms with Gasteiger partial charge in [-0.05, 0) is 24.5 Å². The van der Waals surface area contributed by atoms with Gasteiger partial charge in [0.15, 0.2) is 0 Å². The summed E-state index contributed by atoms with van der Waals surface area (Å²) < 4.78 is 0. The van der Waals surface area contributed by atoms with Crippen LogP contribution in [0, 0.1) is 0 Å². The molecule has 2 aliphatic rings. The van der Waals surface area contributed by atoms with Gasteiger partial charge >= 0.3 is 0 Å². The van der Waals surface area contributed by atoms with E-state index in [4.69, 9.17) is 0 Å². The lowest BCUT2D eigenvalue weighted by Crippen LogP contribution is -2.55. The van der Waals surface area contributed by atoms with E-state index in [-0.39, 0.29) is 6.04 Å². The fraction of sp³-hybridized carbons (Fsp3) is 0.381. The molecule has 0 radical (unpaired) electrons. The van der Waals surface area contributed by atoms with Gasteiger partial charge in [-0.25, -0.2) is 9.97 Å². The number of H-pyrrole nitrogens is 1. The van der Waals surface area contributed by atoms with E-state index in [1.165, 1.54) is 18.4 Å². The second kappa shape index (κ2) is 6.78. The molecule has 2 saturated heterocycles. The molecule has 6 heteroatoms. The van der Waals surface area contributed by atoms with Crippen LogP contribution in [0.4, 0.5) is 5.82 Å². The lowest BCUT2D eigenvalue weighted by Gasteiger charge is -2.45. The van der Waals surface area contributed by atoms with Gasteiger partial charge in [0.25, 0.3) is 0 Å². The summed E-state index contributed by atoms with van der Waals surface area (Å²) in [6.45, 7) is 1.88. The first-order chi connectivity index (χ1) is 13.3. The van der Waals surface area contributed by atoms with Gasteiger partial charge in [-0.15, -0.1) is 0 Å². The number of nitrogens with zero attached hydrogens (tertiary/aromatic N) is 4. The summed E-state index contributed by atoms with van der Waals surface area (Å²) in [4.78, 5) is 28.5. The van der Waals surface area contributed by atoms with Gasteiger partial charge in [0.05, 0.1) is 5.39 Å². The molecule has 1 N–H and O–H groups in total.